The highest BCUT2D eigenvalue weighted by Crippen LogP contribution is 2.09. The van der Waals surface area contributed by atoms with Crippen LogP contribution in [0.25, 0.3) is 0 Å². The lowest BCUT2D eigenvalue weighted by atomic mass is 9.99. The molecule has 12 heavy (non-hydrogen) atoms. The quantitative estimate of drug-likeness (QED) is 0.623. The zero-order valence-corrected chi connectivity index (χ0v) is 7.36. The van der Waals surface area contributed by atoms with Gasteiger partial charge in [-0.05, 0) is 17.9 Å². The standard InChI is InChI=1S/C11H14O/c1-10(7-8-12)9-11-5-3-2-4-6-11/h2-6,8,10H,7,9H2,1H3/p+1. The summed E-state index contributed by atoms with van der Waals surface area (Å²) in [7, 11) is 0. The number of benzene rings is 1. The van der Waals surface area contributed by atoms with Crippen molar-refractivity contribution in [3.63, 3.8) is 0 Å². The second-order valence-corrected chi connectivity index (χ2v) is 3.20. The van der Waals surface area contributed by atoms with Gasteiger partial charge in [0.1, 0.15) is 6.29 Å². The summed E-state index contributed by atoms with van der Waals surface area (Å²) in [4.78, 5) is 10.2. The van der Waals surface area contributed by atoms with E-state index in [9.17, 15) is 4.79 Å². The van der Waals surface area contributed by atoms with Gasteiger partial charge in [0.05, 0.1) is 0 Å². The fraction of sp³-hybridized carbons (Fsp3) is 0.364. The number of hydrogen-bond acceptors (Lipinski definition) is 1. The summed E-state index contributed by atoms with van der Waals surface area (Å²) in [6.45, 7) is 2.10. The van der Waals surface area contributed by atoms with Gasteiger partial charge in [-0.3, -0.25) is 0 Å². The fourth-order valence-corrected chi connectivity index (χ4v) is 1.26. The maximum Gasteiger partial charge on any atom is 1.00 e. The Balaban J connectivity index is 0.00000144. The summed E-state index contributed by atoms with van der Waals surface area (Å²) in [5.41, 5.74) is 1.31. The van der Waals surface area contributed by atoms with E-state index in [-0.39, 0.29) is 1.43 Å². The highest BCUT2D eigenvalue weighted by Gasteiger charge is 2.01. The largest absolute Gasteiger partial charge is 1.00 e. The first-order valence-electron chi connectivity index (χ1n) is 4.30. The van der Waals surface area contributed by atoms with Crippen LogP contribution in [0.15, 0.2) is 30.3 Å². The average molecular weight is 163 g/mol. The number of hydrogen-bond donors (Lipinski definition) is 0. The second kappa shape index (κ2) is 4.70. The van der Waals surface area contributed by atoms with Crippen LogP contribution in [0.1, 0.15) is 20.3 Å². The molecule has 0 saturated carbocycles. The van der Waals surface area contributed by atoms with Crippen molar-refractivity contribution in [3.05, 3.63) is 35.9 Å². The first kappa shape index (κ1) is 8.98. The highest BCUT2D eigenvalue weighted by molar-refractivity contribution is 5.49. The Morgan fingerprint density at radius 1 is 1.42 bits per heavy atom. The summed E-state index contributed by atoms with van der Waals surface area (Å²) in [6.07, 6.45) is 2.65. The van der Waals surface area contributed by atoms with E-state index in [0.717, 1.165) is 12.7 Å². The molecule has 0 aliphatic rings. The van der Waals surface area contributed by atoms with E-state index >= 15 is 0 Å². The molecule has 1 aromatic rings. The van der Waals surface area contributed by atoms with Crippen LogP contribution in [-0.4, -0.2) is 6.29 Å². The van der Waals surface area contributed by atoms with Crippen LogP contribution >= 0.6 is 0 Å². The molecule has 1 nitrogen and oxygen atoms in total. The molecule has 0 spiro atoms. The molecule has 0 bridgehead atoms. The average Bonchev–Trinajstić information content (AvgIpc) is 2.06. The van der Waals surface area contributed by atoms with Crippen LogP contribution in [0, 0.1) is 5.92 Å². The first-order chi connectivity index (χ1) is 5.83. The predicted octanol–water partition coefficient (Wildman–Crippen LogP) is 2.57. The second-order valence-electron chi connectivity index (χ2n) is 3.20. The molecule has 0 saturated heterocycles. The predicted molar refractivity (Wildman–Crippen MR) is 51.1 cm³/mol. The van der Waals surface area contributed by atoms with Crippen molar-refractivity contribution in [3.8, 4) is 0 Å². The van der Waals surface area contributed by atoms with Gasteiger partial charge in [-0.25, -0.2) is 0 Å². The van der Waals surface area contributed by atoms with Gasteiger partial charge in [-0.15, -0.1) is 0 Å². The molecule has 1 heteroatoms. The lowest BCUT2D eigenvalue weighted by Crippen LogP contribution is -1.99. The van der Waals surface area contributed by atoms with Crippen molar-refractivity contribution in [1.29, 1.82) is 0 Å². The molecule has 1 aromatic carbocycles. The van der Waals surface area contributed by atoms with Gasteiger partial charge >= 0.3 is 1.43 Å². The summed E-state index contributed by atoms with van der Waals surface area (Å²) in [6, 6.07) is 10.3. The SMILES string of the molecule is CC(CC=O)Cc1ccccc1.[H+]. The van der Waals surface area contributed by atoms with Crippen molar-refractivity contribution in [2.24, 2.45) is 5.92 Å². The van der Waals surface area contributed by atoms with Gasteiger partial charge in [-0.1, -0.05) is 37.3 Å². The Hall–Kier alpha value is -1.11. The van der Waals surface area contributed by atoms with E-state index in [1.165, 1.54) is 5.56 Å². The van der Waals surface area contributed by atoms with E-state index in [2.05, 4.69) is 19.1 Å². The van der Waals surface area contributed by atoms with Crippen molar-refractivity contribution in [2.45, 2.75) is 19.8 Å². The minimum atomic E-state index is 0. The minimum Gasteiger partial charge on any atom is -0.303 e. The van der Waals surface area contributed by atoms with Crippen molar-refractivity contribution in [2.75, 3.05) is 0 Å². The van der Waals surface area contributed by atoms with Gasteiger partial charge in [0.25, 0.3) is 0 Å². The fourth-order valence-electron chi connectivity index (χ4n) is 1.26. The summed E-state index contributed by atoms with van der Waals surface area (Å²) in [5.74, 6) is 0.463. The van der Waals surface area contributed by atoms with Crippen molar-refractivity contribution in [1.82, 2.24) is 0 Å². The highest BCUT2D eigenvalue weighted by atomic mass is 16.1. The molecule has 1 rings (SSSR count). The van der Waals surface area contributed by atoms with E-state index in [4.69, 9.17) is 0 Å². The van der Waals surface area contributed by atoms with Crippen molar-refractivity contribution < 1.29 is 6.22 Å². The molecule has 0 N–H and O–H groups in total. The Kier molecular flexibility index (Phi) is 3.52. The Morgan fingerprint density at radius 2 is 2.08 bits per heavy atom. The molecule has 0 aliphatic heterocycles. The van der Waals surface area contributed by atoms with Crippen LogP contribution in [0.5, 0.6) is 0 Å². The molecule has 0 aromatic heterocycles. The van der Waals surface area contributed by atoms with Gasteiger partial charge in [-0.2, -0.15) is 0 Å². The Labute approximate surface area is 74.9 Å². The third kappa shape index (κ3) is 2.87. The number of carbonyl (C=O) groups is 1. The third-order valence-corrected chi connectivity index (χ3v) is 1.93. The molecule has 1 unspecified atom stereocenters. The zero-order chi connectivity index (χ0) is 8.81. The normalized spacial score (nSPS) is 12.4. The van der Waals surface area contributed by atoms with Gasteiger partial charge in [0.2, 0.25) is 0 Å². The molecule has 0 fully saturated rings. The van der Waals surface area contributed by atoms with Gasteiger partial charge < -0.3 is 4.79 Å². The lowest BCUT2D eigenvalue weighted by Gasteiger charge is -2.06. The zero-order valence-electron chi connectivity index (χ0n) is 8.36. The first-order valence-corrected chi connectivity index (χ1v) is 4.30. The van der Waals surface area contributed by atoms with Crippen LogP contribution < -0.4 is 0 Å². The van der Waals surface area contributed by atoms with Crippen LogP contribution in [0.4, 0.5) is 0 Å². The van der Waals surface area contributed by atoms with E-state index < -0.39 is 0 Å². The third-order valence-electron chi connectivity index (χ3n) is 1.93. The summed E-state index contributed by atoms with van der Waals surface area (Å²) >= 11 is 0. The molecule has 0 heterocycles. The molecule has 64 valence electrons. The molecule has 1 atom stereocenters. The smallest absolute Gasteiger partial charge is 0.303 e. The van der Waals surface area contributed by atoms with Gasteiger partial charge in [0.15, 0.2) is 0 Å². The monoisotopic (exact) mass is 163 g/mol. The number of aldehydes is 1. The summed E-state index contributed by atoms with van der Waals surface area (Å²) < 4.78 is 0. The van der Waals surface area contributed by atoms with Crippen molar-refractivity contribution >= 4 is 6.29 Å². The summed E-state index contributed by atoms with van der Waals surface area (Å²) in [5, 5.41) is 0. The number of carbonyl (C=O) groups excluding carboxylic acids is 1. The van der Waals surface area contributed by atoms with Crippen LogP contribution in [-0.2, 0) is 11.2 Å². The van der Waals surface area contributed by atoms with E-state index in [0.29, 0.717) is 12.3 Å². The number of rotatable bonds is 4. The maximum absolute atomic E-state index is 10.2. The molecular weight excluding hydrogens is 148 g/mol. The minimum absolute atomic E-state index is 0. The molecular formula is C11H15O+. The molecule has 0 amide bonds. The van der Waals surface area contributed by atoms with Crippen LogP contribution in [0.3, 0.4) is 0 Å². The topological polar surface area (TPSA) is 17.1 Å². The van der Waals surface area contributed by atoms with E-state index in [1.54, 1.807) is 0 Å². The Bertz CT molecular complexity index is 233. The van der Waals surface area contributed by atoms with Gasteiger partial charge in [0, 0.05) is 6.42 Å². The molecule has 0 aliphatic carbocycles. The Morgan fingerprint density at radius 3 is 2.67 bits per heavy atom. The van der Waals surface area contributed by atoms with Crippen LogP contribution in [0.2, 0.25) is 0 Å². The maximum atomic E-state index is 10.2. The lowest BCUT2D eigenvalue weighted by molar-refractivity contribution is -0.108. The van der Waals surface area contributed by atoms with E-state index in [1.807, 2.05) is 18.2 Å². The molecule has 0 radical (unpaired) electrons.